The highest BCUT2D eigenvalue weighted by molar-refractivity contribution is 7.13. The number of thiazole rings is 1. The minimum Gasteiger partial charge on any atom is -0.391 e. The Bertz CT molecular complexity index is 2630. The topological polar surface area (TPSA) is 211 Å². The number of carbonyl (C=O) groups excluding carboxylic acids is 4. The van der Waals surface area contributed by atoms with Gasteiger partial charge in [0.15, 0.2) is 6.10 Å². The number of aromatic nitrogens is 2. The standard InChI is InChI=1S/C54H70FN7O9S/c1-33-26-41-40-10-8-9-11-42(40)59-45(41)46(62(33)31-54(6,7)55)36-16-18-37(19-17-36)47(50(56)65)71-25-24-69-21-20-68-22-23-70-30-44(64)60-49(53(3,4)5)52(67)61-29-39(63)27-43(61)51(66)57-28-35-12-14-38(15-13-35)48-34(2)58-32-72-48/h8-19,32-33,39,43,46-47,49,59,63H,20-31H2,1-7H3,(H2,56,65)(H,57,66)(H,60,64)/t33-,39-,43+,46-,47?,49-/m1/s1. The minimum absolute atomic E-state index is 0.0350. The quantitative estimate of drug-likeness (QED) is 0.0473. The fourth-order valence-corrected chi connectivity index (χ4v) is 10.4. The molecule has 1 fully saturated rings. The number of benzene rings is 3. The molecule has 1 saturated heterocycles. The lowest BCUT2D eigenvalue weighted by atomic mass is 9.85. The van der Waals surface area contributed by atoms with Gasteiger partial charge in [-0.1, -0.05) is 87.5 Å². The number of β-amino-alcohol motifs (C(OH)–C–C–N with tert-alkyl or cyclic N) is 1. The minimum atomic E-state index is -1.42. The van der Waals surface area contributed by atoms with Gasteiger partial charge in [0.2, 0.25) is 17.7 Å². The van der Waals surface area contributed by atoms with Gasteiger partial charge < -0.3 is 50.3 Å². The summed E-state index contributed by atoms with van der Waals surface area (Å²) in [6, 6.07) is 21.6. The van der Waals surface area contributed by atoms with Gasteiger partial charge in [0.1, 0.15) is 24.4 Å². The third-order valence-corrected chi connectivity index (χ3v) is 14.1. The summed E-state index contributed by atoms with van der Waals surface area (Å²) in [6.07, 6.45) is -1.02. The molecular formula is C54H70FN7O9S. The Kier molecular flexibility index (Phi) is 18.0. The van der Waals surface area contributed by atoms with Crippen LogP contribution in [-0.2, 0) is 51.1 Å². The molecule has 3 aromatic carbocycles. The summed E-state index contributed by atoms with van der Waals surface area (Å²) in [4.78, 5) is 65.6. The first-order valence-electron chi connectivity index (χ1n) is 24.6. The smallest absolute Gasteiger partial charge is 0.251 e. The first kappa shape index (κ1) is 54.2. The molecule has 0 bridgehead atoms. The molecule has 2 aliphatic rings. The number of para-hydroxylation sites is 1. The highest BCUT2D eigenvalue weighted by Gasteiger charge is 2.45. The fourth-order valence-electron chi connectivity index (χ4n) is 9.55. The molecule has 18 heteroatoms. The monoisotopic (exact) mass is 1010 g/mol. The van der Waals surface area contributed by atoms with E-state index in [-0.39, 0.29) is 90.3 Å². The van der Waals surface area contributed by atoms with Crippen LogP contribution < -0.4 is 16.4 Å². The molecular weight excluding hydrogens is 942 g/mol. The Labute approximate surface area is 425 Å². The van der Waals surface area contributed by atoms with Crippen LogP contribution in [0.3, 0.4) is 0 Å². The van der Waals surface area contributed by atoms with Crippen LogP contribution in [0.2, 0.25) is 0 Å². The van der Waals surface area contributed by atoms with E-state index >= 15 is 4.39 Å². The molecule has 0 saturated carbocycles. The Hall–Kier alpha value is -5.60. The second-order valence-corrected chi connectivity index (χ2v) is 21.3. The summed E-state index contributed by atoms with van der Waals surface area (Å²) >= 11 is 1.56. The predicted molar refractivity (Wildman–Crippen MR) is 274 cm³/mol. The van der Waals surface area contributed by atoms with E-state index in [1.165, 1.54) is 15.8 Å². The van der Waals surface area contributed by atoms with Crippen LogP contribution in [0.25, 0.3) is 21.3 Å². The number of hydrogen-bond donors (Lipinski definition) is 5. The number of aromatic amines is 1. The molecule has 4 heterocycles. The Morgan fingerprint density at radius 1 is 0.931 bits per heavy atom. The van der Waals surface area contributed by atoms with Crippen molar-refractivity contribution < 1.29 is 47.6 Å². The van der Waals surface area contributed by atoms with E-state index in [4.69, 9.17) is 24.7 Å². The van der Waals surface area contributed by atoms with Crippen molar-refractivity contribution in [2.75, 3.05) is 59.3 Å². The number of aryl methyl sites for hydroxylation is 1. The van der Waals surface area contributed by atoms with Crippen molar-refractivity contribution >= 4 is 45.9 Å². The third kappa shape index (κ3) is 13.7. The Morgan fingerprint density at radius 2 is 1.60 bits per heavy atom. The number of fused-ring (bicyclic) bond motifs is 3. The number of nitrogens with two attached hydrogens (primary N) is 1. The summed E-state index contributed by atoms with van der Waals surface area (Å²) < 4.78 is 37.9. The number of H-pyrrole nitrogens is 1. The largest absolute Gasteiger partial charge is 0.391 e. The van der Waals surface area contributed by atoms with Crippen LogP contribution >= 0.6 is 11.3 Å². The van der Waals surface area contributed by atoms with Crippen molar-refractivity contribution in [2.45, 2.75) is 110 Å². The zero-order valence-electron chi connectivity index (χ0n) is 42.4. The second-order valence-electron chi connectivity index (χ2n) is 20.5. The number of aliphatic hydroxyl groups excluding tert-OH is 1. The molecule has 0 spiro atoms. The van der Waals surface area contributed by atoms with Crippen LogP contribution in [0.5, 0.6) is 0 Å². The van der Waals surface area contributed by atoms with Crippen LogP contribution in [0.1, 0.15) is 93.8 Å². The zero-order chi connectivity index (χ0) is 51.7. The van der Waals surface area contributed by atoms with Gasteiger partial charge in [-0.3, -0.25) is 24.1 Å². The average Bonchev–Trinajstić information content (AvgIpc) is 4.06. The predicted octanol–water partition coefficient (Wildman–Crippen LogP) is 6.09. The number of halogens is 1. The molecule has 2 aliphatic heterocycles. The van der Waals surface area contributed by atoms with Crippen LogP contribution in [0.15, 0.2) is 78.3 Å². The normalized spacial score (nSPS) is 19.3. The first-order chi connectivity index (χ1) is 34.3. The molecule has 1 unspecified atom stereocenters. The number of amides is 4. The SMILES string of the molecule is Cc1ncsc1-c1ccc(CNC(=O)[C@@H]2C[C@@H](O)CN2C(=O)[C@@H](NC(=O)COCCOCCOCCOC(C(N)=O)c2ccc([C@@H]3c4[nH]c5ccccc5c4C[C@@H](C)N3CC(C)(C)F)cc2)C(C)(C)C)cc1. The van der Waals surface area contributed by atoms with Crippen molar-refractivity contribution in [3.63, 3.8) is 0 Å². The number of alkyl halides is 1. The van der Waals surface area contributed by atoms with Crippen molar-refractivity contribution in [3.05, 3.63) is 112 Å². The van der Waals surface area contributed by atoms with Crippen LogP contribution in [-0.4, -0.2) is 138 Å². The maximum atomic E-state index is 15.2. The molecule has 388 valence electrons. The Balaban J connectivity index is 0.804. The van der Waals surface area contributed by atoms with E-state index < -0.39 is 53.1 Å². The van der Waals surface area contributed by atoms with E-state index in [2.05, 4.69) is 44.6 Å². The van der Waals surface area contributed by atoms with E-state index in [9.17, 15) is 24.3 Å². The molecule has 2 aromatic heterocycles. The maximum Gasteiger partial charge on any atom is 0.251 e. The van der Waals surface area contributed by atoms with Gasteiger partial charge in [-0.05, 0) is 73.4 Å². The lowest BCUT2D eigenvalue weighted by molar-refractivity contribution is -0.144. The molecule has 72 heavy (non-hydrogen) atoms. The fraction of sp³-hybridized carbons (Fsp3) is 0.500. The van der Waals surface area contributed by atoms with Gasteiger partial charge in [0.05, 0.1) is 67.9 Å². The summed E-state index contributed by atoms with van der Waals surface area (Å²) in [5.74, 6) is -2.00. The Morgan fingerprint density at radius 3 is 2.24 bits per heavy atom. The van der Waals surface area contributed by atoms with Gasteiger partial charge in [-0.2, -0.15) is 0 Å². The molecule has 5 aromatic rings. The first-order valence-corrected chi connectivity index (χ1v) is 25.5. The zero-order valence-corrected chi connectivity index (χ0v) is 43.2. The molecule has 7 rings (SSSR count). The van der Waals surface area contributed by atoms with Gasteiger partial charge in [-0.25, -0.2) is 9.37 Å². The highest BCUT2D eigenvalue weighted by atomic mass is 32.1. The van der Waals surface area contributed by atoms with Crippen molar-refractivity contribution in [1.82, 2.24) is 30.4 Å². The van der Waals surface area contributed by atoms with E-state index in [0.29, 0.717) is 5.56 Å². The number of primary amides is 1. The number of nitrogens with one attached hydrogen (secondary N) is 3. The number of rotatable bonds is 23. The number of likely N-dealkylation sites (tertiary alicyclic amines) is 1. The van der Waals surface area contributed by atoms with Crippen molar-refractivity contribution in [1.29, 1.82) is 0 Å². The number of aliphatic hydroxyl groups is 1. The van der Waals surface area contributed by atoms with Gasteiger partial charge in [-0.15, -0.1) is 11.3 Å². The summed E-state index contributed by atoms with van der Waals surface area (Å²) in [5, 5.41) is 17.4. The molecule has 4 amide bonds. The summed E-state index contributed by atoms with van der Waals surface area (Å²) in [6.45, 7) is 13.9. The number of nitrogens with zero attached hydrogens (tertiary/aromatic N) is 3. The van der Waals surface area contributed by atoms with Crippen LogP contribution in [0, 0.1) is 12.3 Å². The number of ether oxygens (including phenoxy) is 4. The molecule has 0 aliphatic carbocycles. The number of carbonyl (C=O) groups is 4. The number of hydrogen-bond acceptors (Lipinski definition) is 12. The van der Waals surface area contributed by atoms with E-state index in [0.717, 1.165) is 44.9 Å². The maximum absolute atomic E-state index is 15.2. The van der Waals surface area contributed by atoms with Crippen molar-refractivity contribution in [2.24, 2.45) is 11.1 Å². The average molecular weight is 1010 g/mol. The van der Waals surface area contributed by atoms with Gasteiger partial charge >= 0.3 is 0 Å². The molecule has 6 atom stereocenters. The molecule has 6 N–H and O–H groups in total. The summed E-state index contributed by atoms with van der Waals surface area (Å²) in [7, 11) is 0. The van der Waals surface area contributed by atoms with Gasteiger partial charge in [0.25, 0.3) is 5.91 Å². The van der Waals surface area contributed by atoms with E-state index in [1.54, 1.807) is 30.7 Å². The second kappa shape index (κ2) is 24.0. The molecule has 0 radical (unpaired) electrons. The summed E-state index contributed by atoms with van der Waals surface area (Å²) in [5.41, 5.74) is 13.2. The lowest BCUT2D eigenvalue weighted by Crippen LogP contribution is -2.58. The van der Waals surface area contributed by atoms with E-state index in [1.807, 2.05) is 88.4 Å². The molecule has 16 nitrogen and oxygen atoms in total. The highest BCUT2D eigenvalue weighted by Crippen LogP contribution is 2.42. The van der Waals surface area contributed by atoms with Crippen molar-refractivity contribution in [3.8, 4) is 10.4 Å². The van der Waals surface area contributed by atoms with Crippen LogP contribution in [0.4, 0.5) is 4.39 Å². The lowest BCUT2D eigenvalue weighted by Gasteiger charge is -2.43. The third-order valence-electron chi connectivity index (χ3n) is 13.1. The van der Waals surface area contributed by atoms with Gasteiger partial charge in [0, 0.05) is 48.7 Å².